The molecule has 0 amide bonds. The third kappa shape index (κ3) is 4.03. The minimum absolute atomic E-state index is 0.0841. The van der Waals surface area contributed by atoms with Crippen LogP contribution in [-0.2, 0) is 22.1 Å². The van der Waals surface area contributed by atoms with E-state index >= 15 is 0 Å². The molecule has 0 saturated carbocycles. The number of benzene rings is 1. The predicted octanol–water partition coefficient (Wildman–Crippen LogP) is 3.57. The van der Waals surface area contributed by atoms with Gasteiger partial charge < -0.3 is 4.74 Å². The fraction of sp³-hybridized carbons (Fsp3) is 0.364. The molecule has 1 aromatic rings. The Kier molecular flexibility index (Phi) is 4.56. The monoisotopic (exact) mass is 310 g/mol. The Morgan fingerprint density at radius 1 is 1.41 bits per heavy atom. The van der Waals surface area contributed by atoms with Crippen LogP contribution in [0.1, 0.15) is 18.1 Å². The molecule has 0 spiro atoms. The van der Waals surface area contributed by atoms with Crippen molar-refractivity contribution < 1.29 is 22.7 Å². The van der Waals surface area contributed by atoms with Crippen LogP contribution in [0.15, 0.2) is 22.7 Å². The van der Waals surface area contributed by atoms with Crippen molar-refractivity contribution in [3.63, 3.8) is 0 Å². The molecule has 0 aromatic heterocycles. The second kappa shape index (κ2) is 5.53. The first-order chi connectivity index (χ1) is 7.84. The Labute approximate surface area is 105 Å². The highest BCUT2D eigenvalue weighted by molar-refractivity contribution is 9.10. The van der Waals surface area contributed by atoms with Crippen LogP contribution in [0.4, 0.5) is 13.2 Å². The van der Waals surface area contributed by atoms with Gasteiger partial charge in [0, 0.05) is 4.47 Å². The SMILES string of the molecule is CCOC(=O)Cc1ccc(Br)cc1C(F)(F)F. The van der Waals surface area contributed by atoms with Crippen LogP contribution in [0.5, 0.6) is 0 Å². The van der Waals surface area contributed by atoms with Gasteiger partial charge in [-0.3, -0.25) is 4.79 Å². The molecule has 0 atom stereocenters. The van der Waals surface area contributed by atoms with Gasteiger partial charge in [-0.05, 0) is 24.6 Å². The largest absolute Gasteiger partial charge is 0.466 e. The van der Waals surface area contributed by atoms with E-state index in [9.17, 15) is 18.0 Å². The number of rotatable bonds is 3. The molecule has 2 nitrogen and oxygen atoms in total. The molecule has 1 aromatic carbocycles. The third-order valence-corrected chi connectivity index (χ3v) is 2.51. The lowest BCUT2D eigenvalue weighted by molar-refractivity contribution is -0.143. The Balaban J connectivity index is 3.03. The van der Waals surface area contributed by atoms with Gasteiger partial charge >= 0.3 is 12.1 Å². The van der Waals surface area contributed by atoms with Crippen LogP contribution < -0.4 is 0 Å². The maximum absolute atomic E-state index is 12.7. The summed E-state index contributed by atoms with van der Waals surface area (Å²) in [7, 11) is 0. The first kappa shape index (κ1) is 14.0. The van der Waals surface area contributed by atoms with Crippen molar-refractivity contribution in [1.82, 2.24) is 0 Å². The zero-order valence-corrected chi connectivity index (χ0v) is 10.6. The van der Waals surface area contributed by atoms with E-state index in [2.05, 4.69) is 20.7 Å². The molecule has 0 N–H and O–H groups in total. The molecule has 6 heteroatoms. The number of hydrogen-bond donors (Lipinski definition) is 0. The van der Waals surface area contributed by atoms with E-state index in [0.29, 0.717) is 4.47 Å². The van der Waals surface area contributed by atoms with Gasteiger partial charge in [0.2, 0.25) is 0 Å². The maximum Gasteiger partial charge on any atom is 0.416 e. The zero-order chi connectivity index (χ0) is 13.1. The summed E-state index contributed by atoms with van der Waals surface area (Å²) in [5.41, 5.74) is -0.904. The standard InChI is InChI=1S/C11H10BrF3O2/c1-2-17-10(16)5-7-3-4-8(12)6-9(7)11(13,14)15/h3-4,6H,2,5H2,1H3. The lowest BCUT2D eigenvalue weighted by atomic mass is 10.0. The molecule has 0 aliphatic carbocycles. The highest BCUT2D eigenvalue weighted by Gasteiger charge is 2.33. The summed E-state index contributed by atoms with van der Waals surface area (Å²) in [4.78, 5) is 11.2. The topological polar surface area (TPSA) is 26.3 Å². The fourth-order valence-electron chi connectivity index (χ4n) is 1.33. The first-order valence-electron chi connectivity index (χ1n) is 4.86. The zero-order valence-electron chi connectivity index (χ0n) is 8.97. The van der Waals surface area contributed by atoms with Crippen molar-refractivity contribution in [1.29, 1.82) is 0 Å². The van der Waals surface area contributed by atoms with Crippen molar-refractivity contribution in [3.8, 4) is 0 Å². The van der Waals surface area contributed by atoms with Crippen LogP contribution >= 0.6 is 15.9 Å². The molecular weight excluding hydrogens is 301 g/mol. The minimum Gasteiger partial charge on any atom is -0.466 e. The average Bonchev–Trinajstić information content (AvgIpc) is 2.19. The van der Waals surface area contributed by atoms with Gasteiger partial charge in [0.15, 0.2) is 0 Å². The minimum atomic E-state index is -4.48. The lowest BCUT2D eigenvalue weighted by Gasteiger charge is -2.12. The van der Waals surface area contributed by atoms with E-state index in [4.69, 9.17) is 0 Å². The molecule has 94 valence electrons. The van der Waals surface area contributed by atoms with Crippen LogP contribution in [0.2, 0.25) is 0 Å². The summed E-state index contributed by atoms with van der Waals surface area (Å²) in [5.74, 6) is -0.666. The molecule has 17 heavy (non-hydrogen) atoms. The van der Waals surface area contributed by atoms with Crippen LogP contribution in [-0.4, -0.2) is 12.6 Å². The van der Waals surface area contributed by atoms with E-state index in [1.54, 1.807) is 6.92 Å². The molecule has 0 aliphatic heterocycles. The van der Waals surface area contributed by atoms with Crippen LogP contribution in [0.25, 0.3) is 0 Å². The molecule has 0 fully saturated rings. The molecule has 1 rings (SSSR count). The van der Waals surface area contributed by atoms with Gasteiger partial charge in [0.1, 0.15) is 0 Å². The predicted molar refractivity (Wildman–Crippen MR) is 59.5 cm³/mol. The average molecular weight is 311 g/mol. The van der Waals surface area contributed by atoms with Crippen molar-refractivity contribution in [3.05, 3.63) is 33.8 Å². The van der Waals surface area contributed by atoms with E-state index in [-0.39, 0.29) is 18.6 Å². The van der Waals surface area contributed by atoms with Crippen molar-refractivity contribution in [2.45, 2.75) is 19.5 Å². The summed E-state index contributed by atoms with van der Waals surface area (Å²) < 4.78 is 43.0. The van der Waals surface area contributed by atoms with Gasteiger partial charge in [0.25, 0.3) is 0 Å². The van der Waals surface area contributed by atoms with Gasteiger partial charge in [-0.15, -0.1) is 0 Å². The van der Waals surface area contributed by atoms with E-state index < -0.39 is 17.7 Å². The number of halogens is 4. The number of carbonyl (C=O) groups excluding carboxylic acids is 1. The molecule has 0 heterocycles. The van der Waals surface area contributed by atoms with Gasteiger partial charge in [-0.1, -0.05) is 22.0 Å². The van der Waals surface area contributed by atoms with E-state index in [1.165, 1.54) is 12.1 Å². The normalized spacial score (nSPS) is 11.4. The summed E-state index contributed by atoms with van der Waals surface area (Å²) in [6.45, 7) is 1.75. The molecule has 0 aliphatic rings. The number of ether oxygens (including phenoxy) is 1. The number of alkyl halides is 3. The summed E-state index contributed by atoms with van der Waals surface area (Å²) in [5, 5.41) is 0. The van der Waals surface area contributed by atoms with Crippen molar-refractivity contribution in [2.24, 2.45) is 0 Å². The smallest absolute Gasteiger partial charge is 0.416 e. The summed E-state index contributed by atoms with van der Waals surface area (Å²) in [6.07, 6.45) is -4.86. The third-order valence-electron chi connectivity index (χ3n) is 2.02. The molecule has 0 unspecified atom stereocenters. The Hall–Kier alpha value is -1.04. The molecule has 0 radical (unpaired) electrons. The van der Waals surface area contributed by atoms with Crippen molar-refractivity contribution >= 4 is 21.9 Å². The first-order valence-corrected chi connectivity index (χ1v) is 5.65. The summed E-state index contributed by atoms with van der Waals surface area (Å²) >= 11 is 2.97. The second-order valence-corrected chi connectivity index (χ2v) is 4.20. The lowest BCUT2D eigenvalue weighted by Crippen LogP contribution is -2.14. The molecule has 0 bridgehead atoms. The van der Waals surface area contributed by atoms with Crippen LogP contribution in [0.3, 0.4) is 0 Å². The molecule has 0 saturated heterocycles. The highest BCUT2D eigenvalue weighted by atomic mass is 79.9. The number of carbonyl (C=O) groups is 1. The summed E-state index contributed by atoms with van der Waals surface area (Å²) in [6, 6.07) is 3.68. The van der Waals surface area contributed by atoms with Gasteiger partial charge in [-0.2, -0.15) is 13.2 Å². The maximum atomic E-state index is 12.7. The van der Waals surface area contributed by atoms with Gasteiger partial charge in [-0.25, -0.2) is 0 Å². The van der Waals surface area contributed by atoms with E-state index in [0.717, 1.165) is 6.07 Å². The molecular formula is C11H10BrF3O2. The fourth-order valence-corrected chi connectivity index (χ4v) is 1.70. The quantitative estimate of drug-likeness (QED) is 0.798. The van der Waals surface area contributed by atoms with Crippen LogP contribution in [0, 0.1) is 0 Å². The Bertz CT molecular complexity index is 416. The Morgan fingerprint density at radius 2 is 2.06 bits per heavy atom. The van der Waals surface area contributed by atoms with Crippen molar-refractivity contribution in [2.75, 3.05) is 6.61 Å². The van der Waals surface area contributed by atoms with E-state index in [1.807, 2.05) is 0 Å². The highest BCUT2D eigenvalue weighted by Crippen LogP contribution is 2.34. The Morgan fingerprint density at radius 3 is 2.59 bits per heavy atom. The number of hydrogen-bond acceptors (Lipinski definition) is 2. The number of esters is 1. The second-order valence-electron chi connectivity index (χ2n) is 3.28. The van der Waals surface area contributed by atoms with Gasteiger partial charge in [0.05, 0.1) is 18.6 Å².